The summed E-state index contributed by atoms with van der Waals surface area (Å²) in [5, 5.41) is 2.85. The minimum absolute atomic E-state index is 0.0553. The highest BCUT2D eigenvalue weighted by Gasteiger charge is 2.39. The van der Waals surface area contributed by atoms with Gasteiger partial charge in [-0.25, -0.2) is 4.39 Å². The molecule has 0 saturated carbocycles. The predicted molar refractivity (Wildman–Crippen MR) is 112 cm³/mol. The summed E-state index contributed by atoms with van der Waals surface area (Å²) >= 11 is 0. The van der Waals surface area contributed by atoms with E-state index in [1.807, 2.05) is 4.90 Å². The minimum atomic E-state index is -0.359. The number of likely N-dealkylation sites (tertiary alicyclic amines) is 2. The van der Waals surface area contributed by atoms with E-state index < -0.39 is 0 Å². The Morgan fingerprint density at radius 3 is 2.57 bits per heavy atom. The molecule has 2 aliphatic rings. The van der Waals surface area contributed by atoms with E-state index in [4.69, 9.17) is 0 Å². The maximum absolute atomic E-state index is 13.4. The fourth-order valence-electron chi connectivity index (χ4n) is 4.75. The van der Waals surface area contributed by atoms with E-state index in [9.17, 15) is 14.0 Å². The van der Waals surface area contributed by atoms with Crippen LogP contribution in [0.5, 0.6) is 0 Å². The molecule has 2 atom stereocenters. The number of pyridine rings is 1. The second-order valence-corrected chi connectivity index (χ2v) is 8.30. The molecule has 0 radical (unpaired) electrons. The Labute approximate surface area is 176 Å². The van der Waals surface area contributed by atoms with Crippen molar-refractivity contribution in [3.8, 4) is 0 Å². The van der Waals surface area contributed by atoms with Crippen molar-refractivity contribution in [2.75, 3.05) is 32.0 Å². The van der Waals surface area contributed by atoms with Crippen LogP contribution in [0, 0.1) is 17.7 Å². The van der Waals surface area contributed by atoms with Crippen LogP contribution in [0.15, 0.2) is 48.8 Å². The van der Waals surface area contributed by atoms with Crippen molar-refractivity contribution in [1.29, 1.82) is 0 Å². The lowest BCUT2D eigenvalue weighted by atomic mass is 9.86. The van der Waals surface area contributed by atoms with Crippen LogP contribution in [0.3, 0.4) is 0 Å². The van der Waals surface area contributed by atoms with Crippen LogP contribution in [-0.4, -0.2) is 59.3 Å². The summed E-state index contributed by atoms with van der Waals surface area (Å²) < 4.78 is 13.4. The molecule has 1 N–H and O–H groups in total. The van der Waals surface area contributed by atoms with Gasteiger partial charge in [-0.3, -0.25) is 14.6 Å². The van der Waals surface area contributed by atoms with Gasteiger partial charge in [0.05, 0.1) is 5.92 Å². The van der Waals surface area contributed by atoms with Crippen molar-refractivity contribution in [3.63, 3.8) is 0 Å². The number of carbonyl (C=O) groups is 2. The molecule has 0 aliphatic carbocycles. The molecule has 4 rings (SSSR count). The highest BCUT2D eigenvalue weighted by molar-refractivity contribution is 5.94. The monoisotopic (exact) mass is 410 g/mol. The first-order chi connectivity index (χ1) is 14.5. The number of benzene rings is 1. The van der Waals surface area contributed by atoms with Crippen molar-refractivity contribution >= 4 is 17.5 Å². The number of hydrogen-bond donors (Lipinski definition) is 1. The van der Waals surface area contributed by atoms with Crippen molar-refractivity contribution in [2.24, 2.45) is 11.8 Å². The first kappa shape index (κ1) is 20.5. The first-order valence-electron chi connectivity index (χ1n) is 10.5. The third kappa shape index (κ3) is 4.51. The maximum atomic E-state index is 13.4. The summed E-state index contributed by atoms with van der Waals surface area (Å²) in [5.74, 6) is -0.00581. The molecular weight excluding hydrogens is 383 g/mol. The summed E-state index contributed by atoms with van der Waals surface area (Å²) in [6, 6.07) is 9.82. The maximum Gasteiger partial charge on any atom is 0.253 e. The zero-order chi connectivity index (χ0) is 21.1. The second kappa shape index (κ2) is 8.92. The number of nitrogens with one attached hydrogen (secondary N) is 1. The topological polar surface area (TPSA) is 65.5 Å². The molecule has 1 aromatic heterocycles. The Morgan fingerprint density at radius 1 is 1.13 bits per heavy atom. The molecule has 6 nitrogen and oxygen atoms in total. The van der Waals surface area contributed by atoms with Gasteiger partial charge < -0.3 is 15.1 Å². The van der Waals surface area contributed by atoms with E-state index in [1.165, 1.54) is 12.1 Å². The quantitative estimate of drug-likeness (QED) is 0.842. The minimum Gasteiger partial charge on any atom is -0.339 e. The number of carbonyl (C=O) groups excluding carboxylic acids is 2. The van der Waals surface area contributed by atoms with E-state index in [2.05, 4.69) is 22.2 Å². The summed E-state index contributed by atoms with van der Waals surface area (Å²) in [5.41, 5.74) is 1.17. The molecule has 3 heterocycles. The molecule has 0 spiro atoms. The van der Waals surface area contributed by atoms with Gasteiger partial charge in [0.15, 0.2) is 0 Å². The third-order valence-electron chi connectivity index (χ3n) is 6.36. The Morgan fingerprint density at radius 2 is 1.87 bits per heavy atom. The average molecular weight is 410 g/mol. The second-order valence-electron chi connectivity index (χ2n) is 8.30. The molecular formula is C23H27FN4O2. The van der Waals surface area contributed by atoms with Gasteiger partial charge in [0, 0.05) is 49.3 Å². The van der Waals surface area contributed by atoms with Gasteiger partial charge in [-0.1, -0.05) is 6.07 Å². The van der Waals surface area contributed by atoms with Gasteiger partial charge in [0.2, 0.25) is 5.91 Å². The zero-order valence-electron chi connectivity index (χ0n) is 17.1. The lowest BCUT2D eigenvalue weighted by Crippen LogP contribution is -2.43. The normalized spacial score (nSPS) is 22.8. The fourth-order valence-corrected chi connectivity index (χ4v) is 4.75. The van der Waals surface area contributed by atoms with Crippen LogP contribution >= 0.6 is 0 Å². The molecule has 2 amide bonds. The first-order valence-corrected chi connectivity index (χ1v) is 10.5. The van der Waals surface area contributed by atoms with E-state index in [1.54, 1.807) is 36.7 Å². The number of hydrogen-bond acceptors (Lipinski definition) is 4. The number of rotatable bonds is 4. The molecule has 2 aliphatic heterocycles. The van der Waals surface area contributed by atoms with Crippen LogP contribution in [0.4, 0.5) is 10.1 Å². The molecule has 2 saturated heterocycles. The van der Waals surface area contributed by atoms with Crippen molar-refractivity contribution < 1.29 is 14.0 Å². The van der Waals surface area contributed by atoms with Crippen LogP contribution in [0.1, 0.15) is 29.6 Å². The smallest absolute Gasteiger partial charge is 0.253 e. The van der Waals surface area contributed by atoms with Crippen molar-refractivity contribution in [1.82, 2.24) is 14.8 Å². The number of anilines is 1. The van der Waals surface area contributed by atoms with Crippen LogP contribution in [0.25, 0.3) is 0 Å². The molecule has 2 unspecified atom stereocenters. The summed E-state index contributed by atoms with van der Waals surface area (Å²) in [6.07, 6.45) is 5.94. The Bertz CT molecular complexity index is 899. The summed E-state index contributed by atoms with van der Waals surface area (Å²) in [6.45, 7) is 2.16. The Balaban J connectivity index is 1.31. The van der Waals surface area contributed by atoms with Crippen LogP contribution in [0.2, 0.25) is 0 Å². The van der Waals surface area contributed by atoms with E-state index in [0.29, 0.717) is 29.8 Å². The summed E-state index contributed by atoms with van der Waals surface area (Å²) in [7, 11) is 2.06. The predicted octanol–water partition coefficient (Wildman–Crippen LogP) is 3.03. The third-order valence-corrected chi connectivity index (χ3v) is 6.36. The highest BCUT2D eigenvalue weighted by atomic mass is 19.1. The molecule has 2 aromatic rings. The molecule has 158 valence electrons. The average Bonchev–Trinajstić information content (AvgIpc) is 3.16. The van der Waals surface area contributed by atoms with Crippen LogP contribution in [-0.2, 0) is 4.79 Å². The van der Waals surface area contributed by atoms with Gasteiger partial charge in [-0.05, 0) is 62.6 Å². The van der Waals surface area contributed by atoms with Gasteiger partial charge in [0.1, 0.15) is 5.82 Å². The molecule has 7 heteroatoms. The molecule has 1 aromatic carbocycles. The SMILES string of the molecule is CN1CC(C(=O)Nc2cccc(F)c2)CC1C1CCN(C(=O)c2ccncc2)CC1. The van der Waals surface area contributed by atoms with E-state index >= 15 is 0 Å². The van der Waals surface area contributed by atoms with Gasteiger partial charge in [-0.15, -0.1) is 0 Å². The van der Waals surface area contributed by atoms with Crippen molar-refractivity contribution in [2.45, 2.75) is 25.3 Å². The lowest BCUT2D eigenvalue weighted by Gasteiger charge is -2.37. The van der Waals surface area contributed by atoms with E-state index in [-0.39, 0.29) is 23.5 Å². The zero-order valence-corrected chi connectivity index (χ0v) is 17.1. The molecule has 30 heavy (non-hydrogen) atoms. The Hall–Kier alpha value is -2.80. The standard InChI is InChI=1S/C23H27FN4O2/c1-27-15-18(22(29)26-20-4-2-3-19(24)14-20)13-21(27)16-7-11-28(12-8-16)23(30)17-5-9-25-10-6-17/h2-6,9-10,14,16,18,21H,7-8,11-13,15H2,1H3,(H,26,29). The number of amides is 2. The molecule has 0 bridgehead atoms. The van der Waals surface area contributed by atoms with Gasteiger partial charge in [0.25, 0.3) is 5.91 Å². The highest BCUT2D eigenvalue weighted by Crippen LogP contribution is 2.33. The fraction of sp³-hybridized carbons (Fsp3) is 0.435. The molecule has 2 fully saturated rings. The lowest BCUT2D eigenvalue weighted by molar-refractivity contribution is -0.119. The van der Waals surface area contributed by atoms with Crippen molar-refractivity contribution in [3.05, 3.63) is 60.2 Å². The number of nitrogens with zero attached hydrogens (tertiary/aromatic N) is 3. The largest absolute Gasteiger partial charge is 0.339 e. The Kier molecular flexibility index (Phi) is 6.08. The van der Waals surface area contributed by atoms with E-state index in [0.717, 1.165) is 32.4 Å². The van der Waals surface area contributed by atoms with Gasteiger partial charge in [-0.2, -0.15) is 0 Å². The number of halogens is 1. The van der Waals surface area contributed by atoms with Crippen LogP contribution < -0.4 is 5.32 Å². The number of piperidine rings is 1. The summed E-state index contributed by atoms with van der Waals surface area (Å²) in [4.78, 5) is 33.5. The number of aromatic nitrogens is 1. The van der Waals surface area contributed by atoms with Gasteiger partial charge >= 0.3 is 0 Å².